The zero-order valence-corrected chi connectivity index (χ0v) is 13.0. The lowest BCUT2D eigenvalue weighted by Crippen LogP contribution is -2.32. The van der Waals surface area contributed by atoms with Crippen LogP contribution in [0.15, 0.2) is 12.2 Å². The molecule has 116 valence electrons. The van der Waals surface area contributed by atoms with Crippen LogP contribution in [0.4, 0.5) is 0 Å². The molecule has 0 aromatic carbocycles. The molecule has 0 bridgehead atoms. The number of hydrogen-bond acceptors (Lipinski definition) is 5. The van der Waals surface area contributed by atoms with E-state index in [4.69, 9.17) is 9.47 Å². The maximum Gasteiger partial charge on any atom is 0.320 e. The molecule has 0 radical (unpaired) electrons. The summed E-state index contributed by atoms with van der Waals surface area (Å²) in [6.45, 7) is 8.58. The Morgan fingerprint density at radius 2 is 1.85 bits per heavy atom. The lowest BCUT2D eigenvalue weighted by atomic mass is 10.2. The average Bonchev–Trinajstić information content (AvgIpc) is 2.32. The predicted octanol–water partition coefficient (Wildman–Crippen LogP) is 2.21. The van der Waals surface area contributed by atoms with E-state index < -0.39 is 5.60 Å². The highest BCUT2D eigenvalue weighted by Gasteiger charge is 2.15. The number of carbonyl (C=O) groups excluding carboxylic acids is 2. The molecule has 20 heavy (non-hydrogen) atoms. The van der Waals surface area contributed by atoms with Gasteiger partial charge in [0.15, 0.2) is 0 Å². The van der Waals surface area contributed by atoms with Gasteiger partial charge in [-0.05, 0) is 40.2 Å². The molecule has 0 saturated heterocycles. The third-order valence-corrected chi connectivity index (χ3v) is 2.17. The minimum Gasteiger partial charge on any atom is -0.461 e. The summed E-state index contributed by atoms with van der Waals surface area (Å²) in [5, 5.41) is 2.94. The molecule has 1 N–H and O–H groups in total. The summed E-state index contributed by atoms with van der Waals surface area (Å²) in [5.74, 6) is -0.505. The van der Waals surface area contributed by atoms with E-state index in [-0.39, 0.29) is 18.5 Å². The standard InChI is InChI=1S/C15H27NO4/c1-5-6-7-11-19-13(17)9-8-10-16-12-14(18)20-15(2,3)4/h6-7,16H,5,8-12H2,1-4H3. The number of carbonyl (C=O) groups is 2. The molecule has 0 spiro atoms. The molecule has 0 aliphatic heterocycles. The van der Waals surface area contributed by atoms with Gasteiger partial charge in [-0.1, -0.05) is 19.1 Å². The van der Waals surface area contributed by atoms with Gasteiger partial charge in [0.25, 0.3) is 0 Å². The molecule has 0 saturated carbocycles. The molecule has 0 aromatic rings. The average molecular weight is 285 g/mol. The summed E-state index contributed by atoms with van der Waals surface area (Å²) >= 11 is 0. The van der Waals surface area contributed by atoms with Gasteiger partial charge in [-0.2, -0.15) is 0 Å². The quantitative estimate of drug-likeness (QED) is 0.400. The van der Waals surface area contributed by atoms with Crippen molar-refractivity contribution in [2.75, 3.05) is 19.7 Å². The maximum atomic E-state index is 11.4. The Morgan fingerprint density at radius 3 is 2.45 bits per heavy atom. The van der Waals surface area contributed by atoms with E-state index in [0.29, 0.717) is 26.0 Å². The van der Waals surface area contributed by atoms with E-state index in [2.05, 4.69) is 5.32 Å². The highest BCUT2D eigenvalue weighted by atomic mass is 16.6. The molecule has 0 aromatic heterocycles. The first-order valence-corrected chi connectivity index (χ1v) is 7.08. The molecule has 0 heterocycles. The smallest absolute Gasteiger partial charge is 0.320 e. The number of rotatable bonds is 9. The molecule has 0 fully saturated rings. The van der Waals surface area contributed by atoms with Crippen molar-refractivity contribution in [1.82, 2.24) is 5.32 Å². The zero-order chi connectivity index (χ0) is 15.4. The van der Waals surface area contributed by atoms with E-state index in [9.17, 15) is 9.59 Å². The highest BCUT2D eigenvalue weighted by Crippen LogP contribution is 2.06. The van der Waals surface area contributed by atoms with E-state index in [1.54, 1.807) is 0 Å². The van der Waals surface area contributed by atoms with Crippen LogP contribution in [-0.2, 0) is 19.1 Å². The fourth-order valence-corrected chi connectivity index (χ4v) is 1.37. The van der Waals surface area contributed by atoms with Gasteiger partial charge in [-0.15, -0.1) is 0 Å². The second kappa shape index (κ2) is 10.4. The number of hydrogen-bond donors (Lipinski definition) is 1. The molecule has 0 aliphatic rings. The molecule has 0 unspecified atom stereocenters. The van der Waals surface area contributed by atoms with Crippen molar-refractivity contribution in [2.45, 2.75) is 52.6 Å². The summed E-state index contributed by atoms with van der Waals surface area (Å²) in [6.07, 6.45) is 5.71. The number of allylic oxidation sites excluding steroid dienone is 1. The van der Waals surface area contributed by atoms with Gasteiger partial charge in [-0.25, -0.2) is 0 Å². The van der Waals surface area contributed by atoms with E-state index in [1.165, 1.54) is 0 Å². The summed E-state index contributed by atoms with van der Waals surface area (Å²) in [4.78, 5) is 22.7. The van der Waals surface area contributed by atoms with Crippen LogP contribution in [0.1, 0.15) is 47.0 Å². The second-order valence-electron chi connectivity index (χ2n) is 5.43. The highest BCUT2D eigenvalue weighted by molar-refractivity contribution is 5.72. The summed E-state index contributed by atoms with van der Waals surface area (Å²) in [7, 11) is 0. The van der Waals surface area contributed by atoms with Crippen molar-refractivity contribution in [3.8, 4) is 0 Å². The van der Waals surface area contributed by atoms with Gasteiger partial charge in [-0.3, -0.25) is 9.59 Å². The van der Waals surface area contributed by atoms with Gasteiger partial charge >= 0.3 is 11.9 Å². The number of ether oxygens (including phenoxy) is 2. The molecular weight excluding hydrogens is 258 g/mol. The first-order chi connectivity index (χ1) is 9.35. The van der Waals surface area contributed by atoms with E-state index >= 15 is 0 Å². The Labute approximate surface area is 121 Å². The molecule has 0 aliphatic carbocycles. The SMILES string of the molecule is CCC=CCOC(=O)CCCNCC(=O)OC(C)(C)C. The van der Waals surface area contributed by atoms with Crippen molar-refractivity contribution < 1.29 is 19.1 Å². The van der Waals surface area contributed by atoms with Crippen LogP contribution in [0, 0.1) is 0 Å². The van der Waals surface area contributed by atoms with Crippen molar-refractivity contribution in [3.63, 3.8) is 0 Å². The lowest BCUT2D eigenvalue weighted by molar-refractivity contribution is -0.153. The normalized spacial score (nSPS) is 11.6. The Hall–Kier alpha value is -1.36. The number of nitrogens with one attached hydrogen (secondary N) is 1. The predicted molar refractivity (Wildman–Crippen MR) is 78.3 cm³/mol. The minimum atomic E-state index is -0.464. The van der Waals surface area contributed by atoms with Gasteiger partial charge in [0.2, 0.25) is 0 Å². The third-order valence-electron chi connectivity index (χ3n) is 2.17. The minimum absolute atomic E-state index is 0.158. The van der Waals surface area contributed by atoms with Crippen LogP contribution in [0.2, 0.25) is 0 Å². The van der Waals surface area contributed by atoms with E-state index in [1.807, 2.05) is 39.8 Å². The Kier molecular flexibility index (Phi) is 9.72. The molecule has 5 heteroatoms. The first kappa shape index (κ1) is 18.6. The Bertz CT molecular complexity index is 318. The van der Waals surface area contributed by atoms with Gasteiger partial charge in [0.05, 0.1) is 6.54 Å². The molecule has 0 atom stereocenters. The van der Waals surface area contributed by atoms with Crippen LogP contribution in [0.25, 0.3) is 0 Å². The van der Waals surface area contributed by atoms with Crippen molar-refractivity contribution in [2.24, 2.45) is 0 Å². The maximum absolute atomic E-state index is 11.4. The van der Waals surface area contributed by atoms with Crippen LogP contribution in [-0.4, -0.2) is 37.2 Å². The zero-order valence-electron chi connectivity index (χ0n) is 13.0. The topological polar surface area (TPSA) is 64.6 Å². The van der Waals surface area contributed by atoms with Crippen LogP contribution < -0.4 is 5.32 Å². The monoisotopic (exact) mass is 285 g/mol. The summed E-state index contributed by atoms with van der Waals surface area (Å²) < 4.78 is 10.1. The fraction of sp³-hybridized carbons (Fsp3) is 0.733. The first-order valence-electron chi connectivity index (χ1n) is 7.08. The van der Waals surface area contributed by atoms with Crippen LogP contribution in [0.3, 0.4) is 0 Å². The molecule has 0 rings (SSSR count). The van der Waals surface area contributed by atoms with Gasteiger partial charge in [0, 0.05) is 6.42 Å². The largest absolute Gasteiger partial charge is 0.461 e. The number of esters is 2. The third kappa shape index (κ3) is 13.1. The fourth-order valence-electron chi connectivity index (χ4n) is 1.37. The van der Waals surface area contributed by atoms with Crippen molar-refractivity contribution >= 4 is 11.9 Å². The van der Waals surface area contributed by atoms with Crippen molar-refractivity contribution in [1.29, 1.82) is 0 Å². The molecule has 0 amide bonds. The summed E-state index contributed by atoms with van der Waals surface area (Å²) in [6, 6.07) is 0. The van der Waals surface area contributed by atoms with Gasteiger partial charge in [0.1, 0.15) is 12.2 Å². The second-order valence-corrected chi connectivity index (χ2v) is 5.43. The summed E-state index contributed by atoms with van der Waals surface area (Å²) in [5.41, 5.74) is -0.464. The lowest BCUT2D eigenvalue weighted by Gasteiger charge is -2.19. The van der Waals surface area contributed by atoms with Crippen LogP contribution >= 0.6 is 0 Å². The van der Waals surface area contributed by atoms with E-state index in [0.717, 1.165) is 6.42 Å². The molecular formula is C15H27NO4. The van der Waals surface area contributed by atoms with Crippen molar-refractivity contribution in [3.05, 3.63) is 12.2 Å². The Balaban J connectivity index is 3.50. The molecule has 5 nitrogen and oxygen atoms in total. The van der Waals surface area contributed by atoms with Gasteiger partial charge < -0.3 is 14.8 Å². The Morgan fingerprint density at radius 1 is 1.15 bits per heavy atom. The van der Waals surface area contributed by atoms with Crippen LogP contribution in [0.5, 0.6) is 0 Å².